The van der Waals surface area contributed by atoms with Crippen molar-refractivity contribution in [3.63, 3.8) is 0 Å². The third-order valence-electron chi connectivity index (χ3n) is 6.28. The van der Waals surface area contributed by atoms with E-state index in [-0.39, 0.29) is 36.8 Å². The number of aliphatic hydroxyl groups is 1. The molecule has 11 heteroatoms. The number of piperazine rings is 1. The van der Waals surface area contributed by atoms with E-state index >= 15 is 0 Å². The number of nitrogens with zero attached hydrogens (tertiary/aromatic N) is 2. The van der Waals surface area contributed by atoms with Crippen LogP contribution in [0.2, 0.25) is 0 Å². The molecule has 192 valence electrons. The Morgan fingerprint density at radius 3 is 2.65 bits per heavy atom. The summed E-state index contributed by atoms with van der Waals surface area (Å²) in [7, 11) is 1.50. The third kappa shape index (κ3) is 6.12. The number of nitrogens with one attached hydrogen (secondary N) is 1. The van der Waals surface area contributed by atoms with Crippen molar-refractivity contribution in [2.24, 2.45) is 11.7 Å². The fourth-order valence-electron chi connectivity index (χ4n) is 4.34. The Balaban J connectivity index is 2.06. The molecular formula is C23H36F2N4O5. The van der Waals surface area contributed by atoms with Gasteiger partial charge in [0.2, 0.25) is 17.5 Å². The minimum absolute atomic E-state index is 0.0234. The van der Waals surface area contributed by atoms with Crippen molar-refractivity contribution >= 4 is 17.6 Å². The van der Waals surface area contributed by atoms with Crippen LogP contribution >= 0.6 is 0 Å². The first-order valence-corrected chi connectivity index (χ1v) is 11.5. The molecule has 2 fully saturated rings. The zero-order valence-electron chi connectivity index (χ0n) is 20.3. The molecule has 34 heavy (non-hydrogen) atoms. The van der Waals surface area contributed by atoms with E-state index in [1.54, 1.807) is 13.8 Å². The Hall–Kier alpha value is -2.53. The lowest BCUT2D eigenvalue weighted by Gasteiger charge is -2.53. The summed E-state index contributed by atoms with van der Waals surface area (Å²) in [5, 5.41) is 13.1. The minimum Gasteiger partial charge on any atom is -0.503 e. The van der Waals surface area contributed by atoms with Crippen LogP contribution in [0.25, 0.3) is 0 Å². The lowest BCUT2D eigenvalue weighted by molar-refractivity contribution is -0.218. The van der Waals surface area contributed by atoms with E-state index in [2.05, 4.69) is 11.9 Å². The van der Waals surface area contributed by atoms with Crippen LogP contribution in [-0.4, -0.2) is 83.5 Å². The summed E-state index contributed by atoms with van der Waals surface area (Å²) in [5.41, 5.74) is 5.76. The first kappa shape index (κ1) is 27.7. The fraction of sp³-hybridized carbons (Fsp3) is 0.696. The van der Waals surface area contributed by atoms with E-state index < -0.39 is 53.9 Å². The number of Topliss-reactive ketones (excluding diaryl/α,β-unsaturated/α-hetero) is 1. The molecule has 0 radical (unpaired) electrons. The summed E-state index contributed by atoms with van der Waals surface area (Å²) in [6, 6.07) is -0.266. The van der Waals surface area contributed by atoms with Gasteiger partial charge in [-0.25, -0.2) is 8.78 Å². The van der Waals surface area contributed by atoms with E-state index in [9.17, 15) is 28.3 Å². The second-order valence-corrected chi connectivity index (χ2v) is 9.17. The van der Waals surface area contributed by atoms with Crippen molar-refractivity contribution in [1.29, 1.82) is 0 Å². The number of nitrogens with two attached hydrogens (primary N) is 1. The maximum absolute atomic E-state index is 14.2. The smallest absolute Gasteiger partial charge is 0.277 e. The number of ether oxygens (including phenoxy) is 1. The molecule has 0 aromatic carbocycles. The van der Waals surface area contributed by atoms with Crippen molar-refractivity contribution in [3.05, 3.63) is 23.6 Å². The van der Waals surface area contributed by atoms with Crippen molar-refractivity contribution in [3.8, 4) is 0 Å². The molecule has 4 N–H and O–H groups in total. The van der Waals surface area contributed by atoms with E-state index in [1.165, 1.54) is 23.8 Å². The molecule has 5 atom stereocenters. The molecule has 2 saturated heterocycles. The van der Waals surface area contributed by atoms with Crippen molar-refractivity contribution < 1.29 is 33.0 Å². The number of alkyl halides is 2. The van der Waals surface area contributed by atoms with Crippen LogP contribution in [0.4, 0.5) is 8.78 Å². The zero-order valence-corrected chi connectivity index (χ0v) is 20.3. The number of hydrogen-bond acceptors (Lipinski definition) is 7. The van der Waals surface area contributed by atoms with Gasteiger partial charge in [-0.15, -0.1) is 0 Å². The number of ketones is 1. The van der Waals surface area contributed by atoms with E-state index in [4.69, 9.17) is 10.5 Å². The van der Waals surface area contributed by atoms with E-state index in [0.29, 0.717) is 19.4 Å². The number of aliphatic hydroxyl groups excluding tert-OH is 1. The molecule has 2 heterocycles. The highest BCUT2D eigenvalue weighted by atomic mass is 19.1. The molecule has 0 spiro atoms. The number of halogens is 2. The minimum atomic E-state index is -1.41. The molecular weight excluding hydrogens is 450 g/mol. The van der Waals surface area contributed by atoms with Gasteiger partial charge in [-0.3, -0.25) is 25.0 Å². The van der Waals surface area contributed by atoms with Crippen LogP contribution in [0, 0.1) is 5.92 Å². The Bertz CT molecular complexity index is 849. The number of carbonyl (C=O) groups is 3. The molecule has 0 saturated carbocycles. The molecule has 0 aromatic heterocycles. The molecule has 2 amide bonds. The molecule has 2 rings (SSSR count). The average molecular weight is 487 g/mol. The van der Waals surface area contributed by atoms with Gasteiger partial charge >= 0.3 is 0 Å². The summed E-state index contributed by atoms with van der Waals surface area (Å²) >= 11 is 0. The summed E-state index contributed by atoms with van der Waals surface area (Å²) < 4.78 is 32.8. The third-order valence-corrected chi connectivity index (χ3v) is 6.28. The number of amides is 2. The van der Waals surface area contributed by atoms with Gasteiger partial charge in [0.15, 0.2) is 5.76 Å². The summed E-state index contributed by atoms with van der Waals surface area (Å²) in [4.78, 5) is 40.8. The number of allylic oxidation sites excluding steroid dienone is 1. The van der Waals surface area contributed by atoms with E-state index in [0.717, 1.165) is 0 Å². The lowest BCUT2D eigenvalue weighted by atomic mass is 9.96. The van der Waals surface area contributed by atoms with Crippen LogP contribution in [0.15, 0.2) is 23.6 Å². The topological polar surface area (TPSA) is 125 Å². The predicted octanol–water partition coefficient (Wildman–Crippen LogP) is 1.70. The molecule has 3 unspecified atom stereocenters. The van der Waals surface area contributed by atoms with Gasteiger partial charge < -0.3 is 20.1 Å². The van der Waals surface area contributed by atoms with Gasteiger partial charge in [-0.1, -0.05) is 13.5 Å². The maximum atomic E-state index is 14.2. The average Bonchev–Trinajstić information content (AvgIpc) is 2.72. The molecule has 0 aliphatic carbocycles. The van der Waals surface area contributed by atoms with Crippen molar-refractivity contribution in [1.82, 2.24) is 15.1 Å². The summed E-state index contributed by atoms with van der Waals surface area (Å²) in [6.07, 6.45) is -2.47. The van der Waals surface area contributed by atoms with Gasteiger partial charge in [0.1, 0.15) is 18.0 Å². The quantitative estimate of drug-likeness (QED) is 0.317. The number of likely N-dealkylation sites (N-methyl/N-ethyl adjacent to an activating group) is 1. The Morgan fingerprint density at radius 2 is 2.06 bits per heavy atom. The van der Waals surface area contributed by atoms with Crippen LogP contribution in [0.3, 0.4) is 0 Å². The van der Waals surface area contributed by atoms with Gasteiger partial charge in [0.25, 0.3) is 5.91 Å². The molecule has 0 aromatic rings. The predicted molar refractivity (Wildman–Crippen MR) is 122 cm³/mol. The van der Waals surface area contributed by atoms with Crippen molar-refractivity contribution in [2.75, 3.05) is 26.7 Å². The molecule has 9 nitrogen and oxygen atoms in total. The zero-order chi connectivity index (χ0) is 25.8. The van der Waals surface area contributed by atoms with Gasteiger partial charge in [-0.05, 0) is 26.7 Å². The van der Waals surface area contributed by atoms with E-state index in [1.807, 2.05) is 0 Å². The summed E-state index contributed by atoms with van der Waals surface area (Å²) in [5.74, 6) is -5.00. The Labute approximate surface area is 199 Å². The Kier molecular flexibility index (Phi) is 9.18. The van der Waals surface area contributed by atoms with Gasteiger partial charge in [0.05, 0.1) is 19.6 Å². The molecule has 0 bridgehead atoms. The molecule has 2 aliphatic rings. The number of carbonyl (C=O) groups excluding carboxylic acids is 3. The number of hydrogen-bond donors (Lipinski definition) is 3. The second kappa shape index (κ2) is 11.3. The van der Waals surface area contributed by atoms with Gasteiger partial charge in [0, 0.05) is 37.5 Å². The fourth-order valence-corrected chi connectivity index (χ4v) is 4.34. The normalized spacial score (nSPS) is 26.9. The highest BCUT2D eigenvalue weighted by Crippen LogP contribution is 2.32. The highest BCUT2D eigenvalue weighted by Gasteiger charge is 2.51. The first-order chi connectivity index (χ1) is 15.8. The lowest BCUT2D eigenvalue weighted by Crippen LogP contribution is -2.73. The summed E-state index contributed by atoms with van der Waals surface area (Å²) in [6.45, 7) is 8.76. The standard InChI is InChI=1S/C23H36F2N4O5/c1-6-16(17(25)10-14(3)24)11-27-18(30)9-13(2)20(31)21(32)19-22(33)29-15(4)7-8-34-23(29,26)12-28(19)5/h14-17,32H,2,6-12,26H2,1,3-5H3,(H,27,30)/b21-19+/t14?,15-,16?,17?,23-/m1/s1. The monoisotopic (exact) mass is 486 g/mol. The van der Waals surface area contributed by atoms with Crippen LogP contribution in [-0.2, 0) is 19.1 Å². The number of fused-ring (bicyclic) bond motifs is 1. The second-order valence-electron chi connectivity index (χ2n) is 9.17. The van der Waals surface area contributed by atoms with Crippen LogP contribution in [0.5, 0.6) is 0 Å². The van der Waals surface area contributed by atoms with Gasteiger partial charge in [-0.2, -0.15) is 0 Å². The number of rotatable bonds is 10. The van der Waals surface area contributed by atoms with Crippen molar-refractivity contribution in [2.45, 2.75) is 70.7 Å². The molecule has 2 aliphatic heterocycles. The maximum Gasteiger partial charge on any atom is 0.277 e. The van der Waals surface area contributed by atoms with Crippen LogP contribution in [0.1, 0.15) is 46.5 Å². The first-order valence-electron chi connectivity index (χ1n) is 11.5. The van der Waals surface area contributed by atoms with Crippen LogP contribution < -0.4 is 11.1 Å². The largest absolute Gasteiger partial charge is 0.503 e. The highest BCUT2D eigenvalue weighted by molar-refractivity contribution is 6.13. The Morgan fingerprint density at radius 1 is 1.41 bits per heavy atom. The SMILES string of the molecule is C=C(CC(=O)NCC(CC)C(F)CC(C)F)C(=O)/C(O)=C1/C(=O)N2[C@H](C)CCO[C@@]2(N)CN1C.